The van der Waals surface area contributed by atoms with Gasteiger partial charge in [0.05, 0.1) is 11.8 Å². The highest BCUT2D eigenvalue weighted by Crippen LogP contribution is 2.38. The second-order valence-corrected chi connectivity index (χ2v) is 5.86. The monoisotopic (exact) mass is 287 g/mol. The lowest BCUT2D eigenvalue weighted by Crippen LogP contribution is -2.16. The van der Waals surface area contributed by atoms with Gasteiger partial charge >= 0.3 is 5.97 Å². The molecule has 1 saturated carbocycles. The molecule has 0 bridgehead atoms. The van der Waals surface area contributed by atoms with Crippen molar-refractivity contribution in [2.24, 2.45) is 11.8 Å². The summed E-state index contributed by atoms with van der Waals surface area (Å²) >= 11 is 0. The van der Waals surface area contributed by atoms with E-state index in [9.17, 15) is 14.4 Å². The Morgan fingerprint density at radius 1 is 1.33 bits per heavy atom. The van der Waals surface area contributed by atoms with Gasteiger partial charge in [-0.05, 0) is 43.0 Å². The van der Waals surface area contributed by atoms with E-state index in [2.05, 4.69) is 5.32 Å². The Morgan fingerprint density at radius 3 is 2.71 bits per heavy atom. The van der Waals surface area contributed by atoms with E-state index in [-0.39, 0.29) is 36.1 Å². The molecule has 1 aliphatic heterocycles. The highest BCUT2D eigenvalue weighted by molar-refractivity contribution is 6.05. The van der Waals surface area contributed by atoms with Crippen molar-refractivity contribution in [2.75, 3.05) is 11.9 Å². The van der Waals surface area contributed by atoms with E-state index in [4.69, 9.17) is 4.74 Å². The zero-order valence-corrected chi connectivity index (χ0v) is 12.0. The summed E-state index contributed by atoms with van der Waals surface area (Å²) < 4.78 is 5.05. The minimum Gasteiger partial charge on any atom is -0.457 e. The summed E-state index contributed by atoms with van der Waals surface area (Å²) in [6.07, 6.45) is 0.844. The van der Waals surface area contributed by atoms with Crippen LogP contribution in [0.25, 0.3) is 0 Å². The largest absolute Gasteiger partial charge is 0.457 e. The number of Topliss-reactive ketones (excluding diaryl/α,β-unsaturated/α-hetero) is 1. The average Bonchev–Trinajstić information content (AvgIpc) is 3.13. The van der Waals surface area contributed by atoms with Crippen molar-refractivity contribution >= 4 is 23.3 Å². The fraction of sp³-hybridized carbons (Fsp3) is 0.438. The number of carbonyl (C=O) groups excluding carboxylic acids is 3. The first kappa shape index (κ1) is 13.8. The summed E-state index contributed by atoms with van der Waals surface area (Å²) in [6, 6.07) is 5.07. The zero-order valence-electron chi connectivity index (χ0n) is 12.0. The van der Waals surface area contributed by atoms with E-state index >= 15 is 0 Å². The fourth-order valence-electron chi connectivity index (χ4n) is 2.57. The number of fused-ring (bicyclic) bond motifs is 1. The maximum absolute atomic E-state index is 12.1. The lowest BCUT2D eigenvalue weighted by Gasteiger charge is -2.06. The van der Waals surface area contributed by atoms with E-state index < -0.39 is 0 Å². The minimum absolute atomic E-state index is 0.0420. The first-order chi connectivity index (χ1) is 9.97. The van der Waals surface area contributed by atoms with Crippen molar-refractivity contribution in [3.05, 3.63) is 29.3 Å². The highest BCUT2D eigenvalue weighted by atomic mass is 16.5. The van der Waals surface area contributed by atoms with E-state index in [1.165, 1.54) is 0 Å². The molecule has 5 heteroatoms. The van der Waals surface area contributed by atoms with Crippen LogP contribution in [0, 0.1) is 11.8 Å². The summed E-state index contributed by atoms with van der Waals surface area (Å²) in [6.45, 7) is 3.54. The normalized spacial score (nSPS) is 26.0. The Hall–Kier alpha value is -2.17. The predicted octanol–water partition coefficient (Wildman–Crippen LogP) is 2.12. The Labute approximate surface area is 122 Å². The molecule has 0 radical (unpaired) electrons. The fourth-order valence-corrected chi connectivity index (χ4v) is 2.57. The Kier molecular flexibility index (Phi) is 3.27. The smallest absolute Gasteiger partial charge is 0.309 e. The number of hydrogen-bond acceptors (Lipinski definition) is 4. The molecule has 1 heterocycles. The van der Waals surface area contributed by atoms with Crippen molar-refractivity contribution in [1.82, 2.24) is 0 Å². The molecule has 1 aromatic rings. The average molecular weight is 287 g/mol. The van der Waals surface area contributed by atoms with Gasteiger partial charge in [-0.15, -0.1) is 0 Å². The van der Waals surface area contributed by atoms with Crippen LogP contribution >= 0.6 is 0 Å². The molecule has 0 saturated heterocycles. The maximum atomic E-state index is 12.1. The Morgan fingerprint density at radius 2 is 2.05 bits per heavy atom. The van der Waals surface area contributed by atoms with Crippen LogP contribution in [0.5, 0.6) is 0 Å². The van der Waals surface area contributed by atoms with Crippen molar-refractivity contribution in [3.8, 4) is 0 Å². The van der Waals surface area contributed by atoms with Gasteiger partial charge in [-0.3, -0.25) is 14.4 Å². The quantitative estimate of drug-likeness (QED) is 0.680. The molecule has 0 spiro atoms. The number of esters is 1. The molecule has 1 aromatic carbocycles. The third-order valence-electron chi connectivity index (χ3n) is 4.25. The number of rotatable bonds is 4. The molecule has 3 atom stereocenters. The predicted molar refractivity (Wildman–Crippen MR) is 76.0 cm³/mol. The molecule has 0 unspecified atom stereocenters. The van der Waals surface area contributed by atoms with Crippen molar-refractivity contribution in [1.29, 1.82) is 0 Å². The van der Waals surface area contributed by atoms with Gasteiger partial charge in [-0.1, -0.05) is 6.92 Å². The van der Waals surface area contributed by atoms with Crippen LogP contribution in [-0.4, -0.2) is 24.3 Å². The van der Waals surface area contributed by atoms with Crippen molar-refractivity contribution in [3.63, 3.8) is 0 Å². The molecule has 1 fully saturated rings. The van der Waals surface area contributed by atoms with Gasteiger partial charge in [0.2, 0.25) is 5.91 Å². The van der Waals surface area contributed by atoms with E-state index in [1.807, 2.05) is 6.92 Å². The van der Waals surface area contributed by atoms with Gasteiger partial charge in [0, 0.05) is 11.3 Å². The first-order valence-electron chi connectivity index (χ1n) is 7.12. The van der Waals surface area contributed by atoms with E-state index in [0.717, 1.165) is 17.7 Å². The zero-order chi connectivity index (χ0) is 15.1. The number of ether oxygens (including phenoxy) is 1. The van der Waals surface area contributed by atoms with Gasteiger partial charge in [0.25, 0.3) is 0 Å². The molecule has 0 aromatic heterocycles. The van der Waals surface area contributed by atoms with E-state index in [1.54, 1.807) is 25.1 Å². The van der Waals surface area contributed by atoms with E-state index in [0.29, 0.717) is 11.5 Å². The van der Waals surface area contributed by atoms with Crippen LogP contribution in [0.2, 0.25) is 0 Å². The van der Waals surface area contributed by atoms with Gasteiger partial charge < -0.3 is 10.1 Å². The Bertz CT molecular complexity index is 637. The third-order valence-corrected chi connectivity index (χ3v) is 4.25. The third kappa shape index (κ3) is 2.55. The number of nitrogens with one attached hydrogen (secondary N) is 1. The van der Waals surface area contributed by atoms with Crippen LogP contribution in [0.3, 0.4) is 0 Å². The van der Waals surface area contributed by atoms with Crippen LogP contribution in [0.15, 0.2) is 18.2 Å². The second-order valence-electron chi connectivity index (χ2n) is 5.86. The molecule has 1 amide bonds. The first-order valence-corrected chi connectivity index (χ1v) is 7.12. The summed E-state index contributed by atoms with van der Waals surface area (Å²) in [5.74, 6) is -0.537. The summed E-state index contributed by atoms with van der Waals surface area (Å²) in [5.41, 5.74) is 2.02. The molecular weight excluding hydrogens is 270 g/mol. The van der Waals surface area contributed by atoms with Gasteiger partial charge in [0.15, 0.2) is 12.4 Å². The van der Waals surface area contributed by atoms with Crippen LogP contribution in [-0.2, 0) is 14.3 Å². The molecule has 21 heavy (non-hydrogen) atoms. The molecule has 110 valence electrons. The standard InChI is InChI=1S/C16H17NO4/c1-8-5-11(8)16(20)21-7-14(18)10-3-4-13-12(6-10)9(2)15(19)17-13/h3-4,6,8-9,11H,5,7H2,1-2H3,(H,17,19)/t8-,9+,11-/m1/s1. The van der Waals surface area contributed by atoms with Crippen LogP contribution in [0.1, 0.15) is 42.1 Å². The lowest BCUT2D eigenvalue weighted by molar-refractivity contribution is -0.144. The highest BCUT2D eigenvalue weighted by Gasteiger charge is 2.40. The molecular formula is C16H17NO4. The van der Waals surface area contributed by atoms with Crippen molar-refractivity contribution in [2.45, 2.75) is 26.2 Å². The lowest BCUT2D eigenvalue weighted by atomic mass is 9.99. The number of ketones is 1. The SMILES string of the molecule is C[C@@H]1C(=O)Nc2ccc(C(=O)COC(=O)[C@@H]3C[C@H]3C)cc21. The van der Waals surface area contributed by atoms with Gasteiger partial charge in [0.1, 0.15) is 0 Å². The van der Waals surface area contributed by atoms with Crippen molar-refractivity contribution < 1.29 is 19.1 Å². The molecule has 3 rings (SSSR count). The summed E-state index contributed by atoms with van der Waals surface area (Å²) in [7, 11) is 0. The van der Waals surface area contributed by atoms with Crippen LogP contribution < -0.4 is 5.32 Å². The Balaban J connectivity index is 1.66. The number of hydrogen-bond donors (Lipinski definition) is 1. The van der Waals surface area contributed by atoms with Gasteiger partial charge in [-0.25, -0.2) is 0 Å². The minimum atomic E-state index is -0.290. The molecule has 5 nitrogen and oxygen atoms in total. The van der Waals surface area contributed by atoms with Gasteiger partial charge in [-0.2, -0.15) is 0 Å². The molecule has 2 aliphatic rings. The second kappa shape index (κ2) is 4.98. The summed E-state index contributed by atoms with van der Waals surface area (Å²) in [4.78, 5) is 35.3. The number of benzene rings is 1. The number of carbonyl (C=O) groups is 3. The molecule has 1 N–H and O–H groups in total. The maximum Gasteiger partial charge on any atom is 0.309 e. The molecule has 1 aliphatic carbocycles. The van der Waals surface area contributed by atoms with Crippen LogP contribution in [0.4, 0.5) is 5.69 Å². The number of anilines is 1. The summed E-state index contributed by atoms with van der Waals surface area (Å²) in [5, 5.41) is 2.76. The number of amides is 1. The topological polar surface area (TPSA) is 72.5 Å².